The minimum atomic E-state index is -0.940. The second-order valence-electron chi connectivity index (χ2n) is 3.61. The first-order valence-corrected chi connectivity index (χ1v) is 5.46. The molecule has 0 bridgehead atoms. The highest BCUT2D eigenvalue weighted by Gasteiger charge is 2.17. The standard InChI is InChI=1S/C10H10ClN3O3/c1-2-3-7-5(11)4-6-8(14(7)17)13-10(16)9(15)12-6/h4,17H,2-3H2,1H3,(H,12,15). The molecule has 2 N–H and O–H groups in total. The Kier molecular flexibility index (Phi) is 2.89. The smallest absolute Gasteiger partial charge is 0.337 e. The molecule has 6 nitrogen and oxygen atoms in total. The monoisotopic (exact) mass is 255 g/mol. The van der Waals surface area contributed by atoms with Crippen molar-refractivity contribution in [3.8, 4) is 11.5 Å². The molecule has 0 spiro atoms. The third kappa shape index (κ3) is 1.91. The zero-order valence-electron chi connectivity index (χ0n) is 9.03. The second kappa shape index (κ2) is 4.21. The fraction of sp³-hybridized carbons (Fsp3) is 0.300. The highest BCUT2D eigenvalue weighted by molar-refractivity contribution is 6.31. The van der Waals surface area contributed by atoms with Gasteiger partial charge in [0.1, 0.15) is 0 Å². The van der Waals surface area contributed by atoms with E-state index in [1.54, 1.807) is 0 Å². The van der Waals surface area contributed by atoms with Gasteiger partial charge >= 0.3 is 11.1 Å². The van der Waals surface area contributed by atoms with Crippen molar-refractivity contribution in [1.29, 1.82) is 0 Å². The van der Waals surface area contributed by atoms with Gasteiger partial charge in [0.25, 0.3) is 0 Å². The van der Waals surface area contributed by atoms with E-state index >= 15 is 0 Å². The van der Waals surface area contributed by atoms with Crippen LogP contribution >= 0.6 is 11.6 Å². The molecule has 0 amide bonds. The number of halogens is 1. The molecule has 0 radical (unpaired) electrons. The van der Waals surface area contributed by atoms with E-state index in [0.717, 1.165) is 11.2 Å². The highest BCUT2D eigenvalue weighted by atomic mass is 35.5. The van der Waals surface area contributed by atoms with Gasteiger partial charge in [-0.05, 0) is 12.5 Å². The fourth-order valence-corrected chi connectivity index (χ4v) is 1.89. The molecule has 2 heterocycles. The maximum Gasteiger partial charge on any atom is 0.337 e. The summed E-state index contributed by atoms with van der Waals surface area (Å²) in [6, 6.07) is 1.47. The Labute approximate surface area is 101 Å². The third-order valence-corrected chi connectivity index (χ3v) is 2.71. The maximum atomic E-state index is 11.1. The normalized spacial score (nSPS) is 10.9. The first kappa shape index (κ1) is 11.7. The van der Waals surface area contributed by atoms with Crippen molar-refractivity contribution in [3.63, 3.8) is 0 Å². The summed E-state index contributed by atoms with van der Waals surface area (Å²) in [7, 11) is 0. The SMILES string of the molecule is CCCc1c(Cl)cc2[nH]c(=O)c(=O)nc-2n1O. The Morgan fingerprint density at radius 2 is 2.24 bits per heavy atom. The van der Waals surface area contributed by atoms with Gasteiger partial charge in [-0.3, -0.25) is 9.59 Å². The molecular formula is C10H10ClN3O3. The number of hydrogen-bond acceptors (Lipinski definition) is 4. The molecule has 0 saturated carbocycles. The van der Waals surface area contributed by atoms with Crippen molar-refractivity contribution in [2.24, 2.45) is 0 Å². The number of hydrogen-bond donors (Lipinski definition) is 2. The number of H-pyrrole nitrogens is 1. The molecule has 0 saturated heterocycles. The van der Waals surface area contributed by atoms with Gasteiger partial charge in [-0.15, -0.1) is 0 Å². The molecule has 0 unspecified atom stereocenters. The Hall–Kier alpha value is -1.82. The van der Waals surface area contributed by atoms with Crippen LogP contribution in [0, 0.1) is 0 Å². The Morgan fingerprint density at radius 1 is 1.53 bits per heavy atom. The van der Waals surface area contributed by atoms with E-state index in [9.17, 15) is 14.8 Å². The van der Waals surface area contributed by atoms with Crippen LogP contribution in [0.15, 0.2) is 15.7 Å². The van der Waals surface area contributed by atoms with E-state index in [1.165, 1.54) is 6.07 Å². The molecule has 7 heteroatoms. The molecule has 0 aromatic rings. The van der Waals surface area contributed by atoms with Crippen molar-refractivity contribution in [3.05, 3.63) is 37.5 Å². The van der Waals surface area contributed by atoms with Gasteiger partial charge in [0.15, 0.2) is 5.82 Å². The average molecular weight is 256 g/mol. The topological polar surface area (TPSA) is 88.0 Å². The van der Waals surface area contributed by atoms with Crippen LogP contribution in [-0.4, -0.2) is 19.9 Å². The number of aromatic amines is 1. The maximum absolute atomic E-state index is 11.1. The van der Waals surface area contributed by atoms with Crippen LogP contribution in [0.4, 0.5) is 0 Å². The molecule has 0 aliphatic carbocycles. The largest absolute Gasteiger partial charge is 0.427 e. The lowest BCUT2D eigenvalue weighted by atomic mass is 10.2. The van der Waals surface area contributed by atoms with E-state index in [-0.39, 0.29) is 11.5 Å². The number of aromatic nitrogens is 3. The van der Waals surface area contributed by atoms with Crippen LogP contribution in [0.1, 0.15) is 19.0 Å². The number of nitrogens with zero attached hydrogens (tertiary/aromatic N) is 2. The molecular weight excluding hydrogens is 246 g/mol. The van der Waals surface area contributed by atoms with Crippen molar-refractivity contribution in [1.82, 2.24) is 14.7 Å². The van der Waals surface area contributed by atoms with Crippen LogP contribution in [0.2, 0.25) is 5.02 Å². The van der Waals surface area contributed by atoms with Crippen molar-refractivity contribution >= 4 is 11.6 Å². The zero-order valence-corrected chi connectivity index (χ0v) is 9.78. The lowest BCUT2D eigenvalue weighted by molar-refractivity contribution is 0.176. The van der Waals surface area contributed by atoms with Crippen molar-refractivity contribution in [2.75, 3.05) is 0 Å². The summed E-state index contributed by atoms with van der Waals surface area (Å²) < 4.78 is 0.749. The molecule has 90 valence electrons. The first-order valence-electron chi connectivity index (χ1n) is 5.08. The predicted molar refractivity (Wildman–Crippen MR) is 61.9 cm³/mol. The molecule has 0 atom stereocenters. The molecule has 17 heavy (non-hydrogen) atoms. The quantitative estimate of drug-likeness (QED) is 0.616. The summed E-state index contributed by atoms with van der Waals surface area (Å²) in [5.74, 6) is 0.00227. The van der Waals surface area contributed by atoms with E-state index in [4.69, 9.17) is 11.6 Å². The van der Waals surface area contributed by atoms with E-state index < -0.39 is 11.1 Å². The van der Waals surface area contributed by atoms with Gasteiger partial charge in [0.2, 0.25) is 0 Å². The minimum absolute atomic E-state index is 0.00227. The third-order valence-electron chi connectivity index (χ3n) is 2.38. The van der Waals surface area contributed by atoms with Gasteiger partial charge in [-0.1, -0.05) is 24.9 Å². The minimum Gasteiger partial charge on any atom is -0.427 e. The van der Waals surface area contributed by atoms with Gasteiger partial charge in [0.05, 0.1) is 16.4 Å². The second-order valence-corrected chi connectivity index (χ2v) is 4.02. The average Bonchev–Trinajstić information content (AvgIpc) is 2.28. The molecule has 2 aliphatic heterocycles. The van der Waals surface area contributed by atoms with Crippen LogP contribution in [0.5, 0.6) is 0 Å². The molecule has 2 rings (SSSR count). The molecule has 0 fully saturated rings. The number of pyridine rings is 1. The number of rotatable bonds is 2. The van der Waals surface area contributed by atoms with Gasteiger partial charge in [0, 0.05) is 0 Å². The predicted octanol–water partition coefficient (Wildman–Crippen LogP) is 0.880. The summed E-state index contributed by atoms with van der Waals surface area (Å²) in [6.45, 7) is 1.93. The van der Waals surface area contributed by atoms with Gasteiger partial charge < -0.3 is 10.2 Å². The molecule has 2 aliphatic rings. The highest BCUT2D eigenvalue weighted by Crippen LogP contribution is 2.24. The summed E-state index contributed by atoms with van der Waals surface area (Å²) in [4.78, 5) is 28.1. The lowest BCUT2D eigenvalue weighted by Gasteiger charge is -2.14. The summed E-state index contributed by atoms with van der Waals surface area (Å²) in [5.41, 5.74) is -1.09. The molecule has 0 aromatic carbocycles. The fourth-order valence-electron chi connectivity index (χ4n) is 1.60. The van der Waals surface area contributed by atoms with Crippen molar-refractivity contribution < 1.29 is 5.21 Å². The summed E-state index contributed by atoms with van der Waals surface area (Å²) in [6.07, 6.45) is 1.32. The first-order chi connectivity index (χ1) is 8.04. The number of fused-ring (bicyclic) bond motifs is 1. The van der Waals surface area contributed by atoms with Crippen LogP contribution in [0.25, 0.3) is 11.5 Å². The Morgan fingerprint density at radius 3 is 2.88 bits per heavy atom. The van der Waals surface area contributed by atoms with Crippen LogP contribution in [0.3, 0.4) is 0 Å². The zero-order chi connectivity index (χ0) is 12.6. The molecule has 0 aromatic heterocycles. The Balaban J connectivity index is 2.83. The van der Waals surface area contributed by atoms with Crippen molar-refractivity contribution in [2.45, 2.75) is 19.8 Å². The summed E-state index contributed by atoms with van der Waals surface area (Å²) in [5, 5.41) is 10.2. The van der Waals surface area contributed by atoms with Crippen LogP contribution < -0.4 is 11.1 Å². The number of nitrogens with one attached hydrogen (secondary N) is 1. The van der Waals surface area contributed by atoms with Gasteiger partial charge in [-0.2, -0.15) is 9.71 Å². The Bertz CT molecular complexity index is 647. The van der Waals surface area contributed by atoms with E-state index in [0.29, 0.717) is 17.1 Å². The van der Waals surface area contributed by atoms with E-state index in [2.05, 4.69) is 9.97 Å². The van der Waals surface area contributed by atoms with E-state index in [1.807, 2.05) is 6.92 Å². The lowest BCUT2D eigenvalue weighted by Crippen LogP contribution is -2.32. The summed E-state index contributed by atoms with van der Waals surface area (Å²) >= 11 is 5.97. The van der Waals surface area contributed by atoms with Gasteiger partial charge in [-0.25, -0.2) is 0 Å². The van der Waals surface area contributed by atoms with Crippen LogP contribution in [-0.2, 0) is 6.42 Å².